The molecule has 0 saturated heterocycles. The van der Waals surface area contributed by atoms with Crippen LogP contribution in [0.15, 0.2) is 24.7 Å². The van der Waals surface area contributed by atoms with Gasteiger partial charge in [-0.15, -0.1) is 10.2 Å². The third-order valence-electron chi connectivity index (χ3n) is 2.24. The summed E-state index contributed by atoms with van der Waals surface area (Å²) in [6, 6.07) is 3.69. The molecule has 1 N–H and O–H groups in total. The zero-order valence-corrected chi connectivity index (χ0v) is 9.81. The SMILES string of the molecule is CC(Nc1ccnc(Cl)c1)c1nncn1C. The Kier molecular flexibility index (Phi) is 3.05. The quantitative estimate of drug-likeness (QED) is 0.830. The van der Waals surface area contributed by atoms with Gasteiger partial charge in [0.2, 0.25) is 0 Å². The molecule has 0 radical (unpaired) electrons. The van der Waals surface area contributed by atoms with E-state index < -0.39 is 0 Å². The van der Waals surface area contributed by atoms with Crippen LogP contribution in [0.5, 0.6) is 0 Å². The maximum atomic E-state index is 5.80. The van der Waals surface area contributed by atoms with E-state index in [0.717, 1.165) is 11.5 Å². The van der Waals surface area contributed by atoms with Crippen molar-refractivity contribution in [3.63, 3.8) is 0 Å². The lowest BCUT2D eigenvalue weighted by molar-refractivity contribution is 0.719. The van der Waals surface area contributed by atoms with Crippen molar-refractivity contribution in [1.82, 2.24) is 19.7 Å². The van der Waals surface area contributed by atoms with E-state index in [-0.39, 0.29) is 6.04 Å². The van der Waals surface area contributed by atoms with Gasteiger partial charge in [0.05, 0.1) is 6.04 Å². The monoisotopic (exact) mass is 237 g/mol. The van der Waals surface area contributed by atoms with Crippen molar-refractivity contribution in [2.75, 3.05) is 5.32 Å². The van der Waals surface area contributed by atoms with Gasteiger partial charge < -0.3 is 9.88 Å². The van der Waals surface area contributed by atoms with E-state index in [0.29, 0.717) is 5.15 Å². The van der Waals surface area contributed by atoms with Crippen LogP contribution in [-0.2, 0) is 7.05 Å². The van der Waals surface area contributed by atoms with Gasteiger partial charge in [-0.1, -0.05) is 11.6 Å². The van der Waals surface area contributed by atoms with E-state index in [1.165, 1.54) is 0 Å². The van der Waals surface area contributed by atoms with E-state index in [1.807, 2.05) is 24.6 Å². The van der Waals surface area contributed by atoms with Crippen molar-refractivity contribution in [3.05, 3.63) is 35.6 Å². The summed E-state index contributed by atoms with van der Waals surface area (Å²) in [6.45, 7) is 2.01. The van der Waals surface area contributed by atoms with E-state index in [1.54, 1.807) is 18.6 Å². The third kappa shape index (κ3) is 2.30. The van der Waals surface area contributed by atoms with Gasteiger partial charge in [-0.3, -0.25) is 0 Å². The molecule has 0 amide bonds. The molecule has 2 rings (SSSR count). The highest BCUT2D eigenvalue weighted by atomic mass is 35.5. The van der Waals surface area contributed by atoms with Gasteiger partial charge in [0.1, 0.15) is 11.5 Å². The topological polar surface area (TPSA) is 55.6 Å². The van der Waals surface area contributed by atoms with E-state index in [4.69, 9.17) is 11.6 Å². The number of nitrogens with one attached hydrogen (secondary N) is 1. The summed E-state index contributed by atoms with van der Waals surface area (Å²) in [7, 11) is 1.91. The molecule has 0 spiro atoms. The van der Waals surface area contributed by atoms with Crippen molar-refractivity contribution in [2.24, 2.45) is 7.05 Å². The fourth-order valence-electron chi connectivity index (χ4n) is 1.49. The molecule has 0 aliphatic rings. The molecule has 1 unspecified atom stereocenters. The largest absolute Gasteiger partial charge is 0.375 e. The molecular weight excluding hydrogens is 226 g/mol. The van der Waals surface area contributed by atoms with E-state index >= 15 is 0 Å². The lowest BCUT2D eigenvalue weighted by Gasteiger charge is -2.14. The smallest absolute Gasteiger partial charge is 0.154 e. The normalized spacial score (nSPS) is 12.4. The van der Waals surface area contributed by atoms with Crippen LogP contribution in [0.3, 0.4) is 0 Å². The molecule has 16 heavy (non-hydrogen) atoms. The number of pyridine rings is 1. The van der Waals surface area contributed by atoms with Gasteiger partial charge in [0.25, 0.3) is 0 Å². The fraction of sp³-hybridized carbons (Fsp3) is 0.300. The van der Waals surface area contributed by atoms with Crippen molar-refractivity contribution in [2.45, 2.75) is 13.0 Å². The third-order valence-corrected chi connectivity index (χ3v) is 2.45. The first-order valence-corrected chi connectivity index (χ1v) is 5.26. The molecule has 0 bridgehead atoms. The highest BCUT2D eigenvalue weighted by molar-refractivity contribution is 6.29. The Balaban J connectivity index is 2.14. The lowest BCUT2D eigenvalue weighted by atomic mass is 10.3. The minimum absolute atomic E-state index is 0.0611. The van der Waals surface area contributed by atoms with E-state index in [9.17, 15) is 0 Å². The molecule has 0 aliphatic heterocycles. The first kappa shape index (κ1) is 10.9. The number of anilines is 1. The summed E-state index contributed by atoms with van der Waals surface area (Å²) in [5.41, 5.74) is 0.913. The average molecular weight is 238 g/mol. The Morgan fingerprint density at radius 2 is 2.31 bits per heavy atom. The molecule has 1 atom stereocenters. The first-order valence-electron chi connectivity index (χ1n) is 4.89. The predicted octanol–water partition coefficient (Wildman–Crippen LogP) is 2.04. The highest BCUT2D eigenvalue weighted by Crippen LogP contribution is 2.18. The van der Waals surface area contributed by atoms with Gasteiger partial charge in [-0.05, 0) is 19.1 Å². The Labute approximate surface area is 98.5 Å². The van der Waals surface area contributed by atoms with E-state index in [2.05, 4.69) is 20.5 Å². The number of aromatic nitrogens is 4. The predicted molar refractivity (Wildman–Crippen MR) is 62.3 cm³/mol. The average Bonchev–Trinajstić information content (AvgIpc) is 2.64. The van der Waals surface area contributed by atoms with Crippen molar-refractivity contribution in [3.8, 4) is 0 Å². The molecule has 84 valence electrons. The molecule has 2 heterocycles. The minimum Gasteiger partial charge on any atom is -0.375 e. The van der Waals surface area contributed by atoms with Gasteiger partial charge >= 0.3 is 0 Å². The van der Waals surface area contributed by atoms with Crippen LogP contribution in [0.4, 0.5) is 5.69 Å². The second-order valence-corrected chi connectivity index (χ2v) is 3.92. The number of nitrogens with zero attached hydrogens (tertiary/aromatic N) is 4. The number of hydrogen-bond acceptors (Lipinski definition) is 4. The van der Waals surface area contributed by atoms with Crippen molar-refractivity contribution in [1.29, 1.82) is 0 Å². The molecule has 5 nitrogen and oxygen atoms in total. The number of aryl methyl sites for hydroxylation is 1. The molecule has 6 heteroatoms. The minimum atomic E-state index is 0.0611. The summed E-state index contributed by atoms with van der Waals surface area (Å²) in [4.78, 5) is 3.92. The van der Waals surface area contributed by atoms with Crippen LogP contribution < -0.4 is 5.32 Å². The fourth-order valence-corrected chi connectivity index (χ4v) is 1.66. The van der Waals surface area contributed by atoms with Crippen LogP contribution in [-0.4, -0.2) is 19.7 Å². The Hall–Kier alpha value is -1.62. The standard InChI is InChI=1S/C10H12ClN5/c1-7(10-15-13-6-16(10)2)14-8-3-4-12-9(11)5-8/h3-7H,1-2H3,(H,12,14). The summed E-state index contributed by atoms with van der Waals surface area (Å²) in [6.07, 6.45) is 3.33. The Bertz CT molecular complexity index is 482. The van der Waals surface area contributed by atoms with Crippen molar-refractivity contribution < 1.29 is 0 Å². The second kappa shape index (κ2) is 4.49. The molecule has 0 saturated carbocycles. The van der Waals surface area contributed by atoms with Gasteiger partial charge in [0, 0.05) is 18.9 Å². The molecular formula is C10H12ClN5. The summed E-state index contributed by atoms with van der Waals surface area (Å²) >= 11 is 5.80. The molecule has 0 aromatic carbocycles. The van der Waals surface area contributed by atoms with Crippen LogP contribution in [0.1, 0.15) is 18.8 Å². The van der Waals surface area contributed by atoms with Crippen LogP contribution in [0.2, 0.25) is 5.15 Å². The molecule has 2 aromatic rings. The van der Waals surface area contributed by atoms with Crippen LogP contribution >= 0.6 is 11.6 Å². The molecule has 0 fully saturated rings. The summed E-state index contributed by atoms with van der Waals surface area (Å²) in [5, 5.41) is 11.6. The zero-order valence-electron chi connectivity index (χ0n) is 9.05. The number of rotatable bonds is 3. The first-order chi connectivity index (χ1) is 7.66. The van der Waals surface area contributed by atoms with Crippen LogP contribution in [0.25, 0.3) is 0 Å². The van der Waals surface area contributed by atoms with Gasteiger partial charge in [0.15, 0.2) is 5.82 Å². The molecule has 0 aliphatic carbocycles. The second-order valence-electron chi connectivity index (χ2n) is 3.53. The number of hydrogen-bond donors (Lipinski definition) is 1. The van der Waals surface area contributed by atoms with Gasteiger partial charge in [-0.2, -0.15) is 0 Å². The lowest BCUT2D eigenvalue weighted by Crippen LogP contribution is -2.11. The highest BCUT2D eigenvalue weighted by Gasteiger charge is 2.10. The zero-order chi connectivity index (χ0) is 11.5. The van der Waals surface area contributed by atoms with Crippen molar-refractivity contribution >= 4 is 17.3 Å². The molecule has 2 aromatic heterocycles. The maximum absolute atomic E-state index is 5.80. The number of halogens is 1. The summed E-state index contributed by atoms with van der Waals surface area (Å²) in [5.74, 6) is 0.868. The Morgan fingerprint density at radius 1 is 1.50 bits per heavy atom. The summed E-state index contributed by atoms with van der Waals surface area (Å²) < 4.78 is 1.88. The van der Waals surface area contributed by atoms with Gasteiger partial charge in [-0.25, -0.2) is 4.98 Å². The van der Waals surface area contributed by atoms with Crippen LogP contribution in [0, 0.1) is 0 Å². The maximum Gasteiger partial charge on any atom is 0.154 e. The Morgan fingerprint density at radius 3 is 2.94 bits per heavy atom.